The average molecular weight is 194 g/mol. The summed E-state index contributed by atoms with van der Waals surface area (Å²) in [6.45, 7) is 0.501. The Morgan fingerprint density at radius 1 is 1.50 bits per heavy atom. The Hall–Kier alpha value is -1.12. The number of allylic oxidation sites excluding steroid dienone is 1. The van der Waals surface area contributed by atoms with Gasteiger partial charge in [0.2, 0.25) is 0 Å². The summed E-state index contributed by atoms with van der Waals surface area (Å²) in [6, 6.07) is 0. The van der Waals surface area contributed by atoms with Crippen molar-refractivity contribution in [2.24, 2.45) is 5.92 Å². The first kappa shape index (κ1) is 9.44. The molecule has 1 saturated heterocycles. The van der Waals surface area contributed by atoms with E-state index in [1.54, 1.807) is 0 Å². The van der Waals surface area contributed by atoms with Gasteiger partial charge in [0.15, 0.2) is 0 Å². The van der Waals surface area contributed by atoms with Crippen LogP contribution in [0.1, 0.15) is 32.1 Å². The Morgan fingerprint density at radius 3 is 2.86 bits per heavy atom. The SMILES string of the molecule is O=C1OCC/C1=C/CCC(=O)C1CC1. The summed E-state index contributed by atoms with van der Waals surface area (Å²) in [5.41, 5.74) is 0.744. The molecule has 0 aromatic rings. The van der Waals surface area contributed by atoms with E-state index in [9.17, 15) is 9.59 Å². The van der Waals surface area contributed by atoms with Crippen LogP contribution in [0.3, 0.4) is 0 Å². The van der Waals surface area contributed by atoms with Gasteiger partial charge in [-0.25, -0.2) is 4.79 Å². The highest BCUT2D eigenvalue weighted by molar-refractivity contribution is 5.90. The molecule has 2 fully saturated rings. The molecule has 0 aromatic heterocycles. The molecule has 76 valence electrons. The number of rotatable bonds is 4. The van der Waals surface area contributed by atoms with Gasteiger partial charge < -0.3 is 4.74 Å². The van der Waals surface area contributed by atoms with Gasteiger partial charge in [0.25, 0.3) is 0 Å². The first-order valence-corrected chi connectivity index (χ1v) is 5.16. The number of Topliss-reactive ketones (excluding diaryl/α,β-unsaturated/α-hetero) is 1. The molecule has 0 spiro atoms. The van der Waals surface area contributed by atoms with Crippen molar-refractivity contribution in [1.29, 1.82) is 0 Å². The van der Waals surface area contributed by atoms with Crippen molar-refractivity contribution < 1.29 is 14.3 Å². The van der Waals surface area contributed by atoms with Gasteiger partial charge in [0.1, 0.15) is 5.78 Å². The molecule has 1 heterocycles. The van der Waals surface area contributed by atoms with Crippen LogP contribution in [-0.4, -0.2) is 18.4 Å². The standard InChI is InChI=1S/C11H14O3/c12-10(8-4-5-8)3-1-2-9-6-7-14-11(9)13/h2,8H,1,3-7H2/b9-2-. The molecule has 0 unspecified atom stereocenters. The summed E-state index contributed by atoms with van der Waals surface area (Å²) in [5.74, 6) is 0.487. The normalized spacial score (nSPS) is 24.0. The molecule has 0 aromatic carbocycles. The first-order valence-electron chi connectivity index (χ1n) is 5.16. The molecule has 2 rings (SSSR count). The van der Waals surface area contributed by atoms with Gasteiger partial charge in [-0.2, -0.15) is 0 Å². The van der Waals surface area contributed by atoms with Crippen molar-refractivity contribution in [2.75, 3.05) is 6.61 Å². The average Bonchev–Trinajstić information content (AvgIpc) is 2.93. The van der Waals surface area contributed by atoms with E-state index in [0.717, 1.165) is 18.4 Å². The van der Waals surface area contributed by atoms with Gasteiger partial charge in [-0.15, -0.1) is 0 Å². The number of ketones is 1. The van der Waals surface area contributed by atoms with Crippen LogP contribution in [0.15, 0.2) is 11.6 Å². The fourth-order valence-electron chi connectivity index (χ4n) is 1.63. The summed E-state index contributed by atoms with van der Waals surface area (Å²) < 4.78 is 4.79. The molecule has 1 saturated carbocycles. The van der Waals surface area contributed by atoms with Crippen LogP contribution < -0.4 is 0 Å². The van der Waals surface area contributed by atoms with Crippen LogP contribution in [0.25, 0.3) is 0 Å². The second kappa shape index (κ2) is 3.95. The van der Waals surface area contributed by atoms with Crippen LogP contribution in [0, 0.1) is 5.92 Å². The number of ether oxygens (including phenoxy) is 1. The molecule has 0 amide bonds. The van der Waals surface area contributed by atoms with Crippen LogP contribution >= 0.6 is 0 Å². The molecule has 3 nitrogen and oxygen atoms in total. The lowest BCUT2D eigenvalue weighted by atomic mass is 10.1. The predicted molar refractivity (Wildman–Crippen MR) is 50.6 cm³/mol. The van der Waals surface area contributed by atoms with Gasteiger partial charge >= 0.3 is 5.97 Å². The molecule has 0 bridgehead atoms. The zero-order chi connectivity index (χ0) is 9.97. The van der Waals surface area contributed by atoms with Gasteiger partial charge in [-0.05, 0) is 19.3 Å². The topological polar surface area (TPSA) is 43.4 Å². The van der Waals surface area contributed by atoms with E-state index in [-0.39, 0.29) is 5.97 Å². The molecule has 3 heteroatoms. The summed E-state index contributed by atoms with van der Waals surface area (Å²) in [6.07, 6.45) is 5.97. The van der Waals surface area contributed by atoms with Crippen molar-refractivity contribution in [3.8, 4) is 0 Å². The first-order chi connectivity index (χ1) is 6.77. The zero-order valence-corrected chi connectivity index (χ0v) is 8.12. The fraction of sp³-hybridized carbons (Fsp3) is 0.636. The van der Waals surface area contributed by atoms with E-state index >= 15 is 0 Å². The minimum absolute atomic E-state index is 0.205. The largest absolute Gasteiger partial charge is 0.462 e. The van der Waals surface area contributed by atoms with Crippen molar-refractivity contribution in [1.82, 2.24) is 0 Å². The number of cyclic esters (lactones) is 1. The summed E-state index contributed by atoms with van der Waals surface area (Å²) >= 11 is 0. The maximum absolute atomic E-state index is 11.3. The predicted octanol–water partition coefficient (Wildman–Crippen LogP) is 1.62. The minimum atomic E-state index is -0.205. The van der Waals surface area contributed by atoms with E-state index in [1.807, 2.05) is 6.08 Å². The van der Waals surface area contributed by atoms with Gasteiger partial charge in [0, 0.05) is 24.3 Å². The maximum atomic E-state index is 11.3. The van der Waals surface area contributed by atoms with E-state index in [2.05, 4.69) is 0 Å². The second-order valence-corrected chi connectivity index (χ2v) is 3.89. The Balaban J connectivity index is 1.75. The highest BCUT2D eigenvalue weighted by atomic mass is 16.5. The third kappa shape index (κ3) is 2.22. The second-order valence-electron chi connectivity index (χ2n) is 3.89. The quantitative estimate of drug-likeness (QED) is 0.504. The molecule has 0 atom stereocenters. The molecule has 1 aliphatic heterocycles. The van der Waals surface area contributed by atoms with E-state index < -0.39 is 0 Å². The maximum Gasteiger partial charge on any atom is 0.333 e. The third-order valence-corrected chi connectivity index (χ3v) is 2.68. The summed E-state index contributed by atoms with van der Waals surface area (Å²) in [5, 5.41) is 0. The van der Waals surface area contributed by atoms with Crippen LogP contribution in [0.5, 0.6) is 0 Å². The van der Waals surface area contributed by atoms with Crippen LogP contribution in [0.2, 0.25) is 0 Å². The number of hydrogen-bond acceptors (Lipinski definition) is 3. The van der Waals surface area contributed by atoms with Crippen molar-refractivity contribution in [3.05, 3.63) is 11.6 Å². The van der Waals surface area contributed by atoms with E-state index in [1.165, 1.54) is 0 Å². The lowest BCUT2D eigenvalue weighted by Gasteiger charge is -1.94. The Bertz CT molecular complexity index is 287. The summed E-state index contributed by atoms with van der Waals surface area (Å²) in [4.78, 5) is 22.3. The number of hydrogen-bond donors (Lipinski definition) is 0. The van der Waals surface area contributed by atoms with Crippen LogP contribution in [-0.2, 0) is 14.3 Å². The van der Waals surface area contributed by atoms with E-state index in [0.29, 0.717) is 37.6 Å². The van der Waals surface area contributed by atoms with E-state index in [4.69, 9.17) is 4.74 Å². The highest BCUT2D eigenvalue weighted by Gasteiger charge is 2.28. The highest BCUT2D eigenvalue weighted by Crippen LogP contribution is 2.31. The number of carbonyl (C=O) groups is 2. The van der Waals surface area contributed by atoms with Crippen molar-refractivity contribution in [2.45, 2.75) is 32.1 Å². The lowest BCUT2D eigenvalue weighted by molar-refractivity contribution is -0.135. The molecule has 0 radical (unpaired) electrons. The molecular weight excluding hydrogens is 180 g/mol. The number of carbonyl (C=O) groups excluding carboxylic acids is 2. The van der Waals surface area contributed by atoms with Crippen molar-refractivity contribution in [3.63, 3.8) is 0 Å². The molecule has 1 aliphatic carbocycles. The van der Waals surface area contributed by atoms with Gasteiger partial charge in [-0.3, -0.25) is 4.79 Å². The van der Waals surface area contributed by atoms with Gasteiger partial charge in [0.05, 0.1) is 6.61 Å². The Morgan fingerprint density at radius 2 is 2.29 bits per heavy atom. The molecular formula is C11H14O3. The Labute approximate surface area is 83.1 Å². The molecule has 2 aliphatic rings. The smallest absolute Gasteiger partial charge is 0.333 e. The number of esters is 1. The zero-order valence-electron chi connectivity index (χ0n) is 8.12. The summed E-state index contributed by atoms with van der Waals surface area (Å²) in [7, 11) is 0. The lowest BCUT2D eigenvalue weighted by Crippen LogP contribution is -1.99. The fourth-order valence-corrected chi connectivity index (χ4v) is 1.63. The minimum Gasteiger partial charge on any atom is -0.462 e. The Kier molecular flexibility index (Phi) is 2.66. The third-order valence-electron chi connectivity index (χ3n) is 2.68. The van der Waals surface area contributed by atoms with Crippen LogP contribution in [0.4, 0.5) is 0 Å². The molecule has 0 N–H and O–H groups in total. The van der Waals surface area contributed by atoms with Crippen molar-refractivity contribution >= 4 is 11.8 Å². The van der Waals surface area contributed by atoms with Gasteiger partial charge in [-0.1, -0.05) is 6.08 Å². The monoisotopic (exact) mass is 194 g/mol. The molecule has 14 heavy (non-hydrogen) atoms.